The van der Waals surface area contributed by atoms with Crippen molar-refractivity contribution in [3.05, 3.63) is 57.5 Å². The van der Waals surface area contributed by atoms with Gasteiger partial charge in [0.1, 0.15) is 15.9 Å². The maximum absolute atomic E-state index is 13.1. The third-order valence-corrected chi connectivity index (χ3v) is 7.85. The van der Waals surface area contributed by atoms with Crippen molar-refractivity contribution in [3.8, 4) is 0 Å². The Balaban J connectivity index is 1.53. The van der Waals surface area contributed by atoms with Crippen molar-refractivity contribution in [2.45, 2.75) is 49.6 Å². The van der Waals surface area contributed by atoms with E-state index in [-0.39, 0.29) is 39.8 Å². The molecule has 30 heavy (non-hydrogen) atoms. The van der Waals surface area contributed by atoms with Crippen LogP contribution in [0, 0.1) is 11.7 Å². The molecule has 1 fully saturated rings. The van der Waals surface area contributed by atoms with Gasteiger partial charge in [-0.25, -0.2) is 22.5 Å². The van der Waals surface area contributed by atoms with Crippen molar-refractivity contribution < 1.29 is 17.6 Å². The summed E-state index contributed by atoms with van der Waals surface area (Å²) >= 11 is 9.00. The van der Waals surface area contributed by atoms with Crippen LogP contribution in [0.2, 0.25) is 5.15 Å². The molecule has 0 bridgehead atoms. The normalized spacial score (nSPS) is 20.5. The minimum absolute atomic E-state index is 0.0340. The summed E-state index contributed by atoms with van der Waals surface area (Å²) in [6.45, 7) is 1.85. The van der Waals surface area contributed by atoms with Gasteiger partial charge in [0, 0.05) is 18.2 Å². The Morgan fingerprint density at radius 3 is 2.47 bits per heavy atom. The number of benzene rings is 1. The lowest BCUT2D eigenvalue weighted by atomic mass is 9.85. The number of nitrogens with zero attached hydrogens (tertiary/aromatic N) is 1. The summed E-state index contributed by atoms with van der Waals surface area (Å²) in [6.07, 6.45) is 3.50. The Morgan fingerprint density at radius 2 is 1.87 bits per heavy atom. The first kappa shape index (κ1) is 23.1. The molecule has 0 unspecified atom stereocenters. The highest BCUT2D eigenvalue weighted by Crippen LogP contribution is 2.28. The van der Waals surface area contributed by atoms with E-state index in [0.29, 0.717) is 30.2 Å². The van der Waals surface area contributed by atoms with Crippen molar-refractivity contribution in [2.24, 2.45) is 5.92 Å². The molecule has 162 valence electrons. The van der Waals surface area contributed by atoms with Crippen LogP contribution in [0.25, 0.3) is 0 Å². The van der Waals surface area contributed by atoms with Gasteiger partial charge >= 0.3 is 0 Å². The van der Waals surface area contributed by atoms with Crippen LogP contribution in [-0.4, -0.2) is 25.4 Å². The van der Waals surface area contributed by atoms with E-state index in [1.54, 1.807) is 12.1 Å². The fraction of sp³-hybridized carbons (Fsp3) is 0.400. The van der Waals surface area contributed by atoms with Gasteiger partial charge in [-0.2, -0.15) is 0 Å². The van der Waals surface area contributed by atoms with Gasteiger partial charge in [0.05, 0.1) is 10.5 Å². The summed E-state index contributed by atoms with van der Waals surface area (Å²) in [5.74, 6) is -0.571. The SMILES string of the molecule is C[C@@H](NC(=O)[C@H]1CC[C@H](NS(=O)(=O)c2cnc(Cl)c(Br)c2)CC1)c1ccc(F)cc1. The standard InChI is InChI=1S/C20H22BrClFN3O3S/c1-12(13-2-6-15(23)7-3-13)25-20(27)14-4-8-16(9-5-14)26-30(28,29)17-10-18(21)19(22)24-11-17/h2-3,6-7,10-12,14,16,26H,4-5,8-9H2,1H3,(H,25,27)/t12-,14-,16-/m1/s1. The molecule has 0 radical (unpaired) electrons. The fourth-order valence-electron chi connectivity index (χ4n) is 3.48. The molecular formula is C20H22BrClFN3O3S. The van der Waals surface area contributed by atoms with Gasteiger partial charge in [-0.15, -0.1) is 0 Å². The second-order valence-electron chi connectivity index (χ2n) is 7.40. The van der Waals surface area contributed by atoms with E-state index in [1.807, 2.05) is 6.92 Å². The van der Waals surface area contributed by atoms with Crippen molar-refractivity contribution in [3.63, 3.8) is 0 Å². The molecule has 6 nitrogen and oxygen atoms in total. The lowest BCUT2D eigenvalue weighted by Gasteiger charge is -2.29. The first-order chi connectivity index (χ1) is 14.2. The lowest BCUT2D eigenvalue weighted by molar-refractivity contribution is -0.126. The zero-order valence-electron chi connectivity index (χ0n) is 16.2. The fourth-order valence-corrected chi connectivity index (χ4v) is 5.36. The van der Waals surface area contributed by atoms with Crippen LogP contribution in [0.4, 0.5) is 4.39 Å². The summed E-state index contributed by atoms with van der Waals surface area (Å²) in [7, 11) is -3.73. The molecule has 1 amide bonds. The number of halogens is 3. The highest BCUT2D eigenvalue weighted by atomic mass is 79.9. The van der Waals surface area contributed by atoms with Crippen LogP contribution >= 0.6 is 27.5 Å². The highest BCUT2D eigenvalue weighted by Gasteiger charge is 2.30. The van der Waals surface area contributed by atoms with Crippen LogP contribution in [0.1, 0.15) is 44.2 Å². The molecule has 1 atom stereocenters. The van der Waals surface area contributed by atoms with Gasteiger partial charge in [0.25, 0.3) is 0 Å². The Kier molecular flexibility index (Phi) is 7.49. The predicted molar refractivity (Wildman–Crippen MR) is 116 cm³/mol. The summed E-state index contributed by atoms with van der Waals surface area (Å²) in [5.41, 5.74) is 0.828. The number of nitrogens with one attached hydrogen (secondary N) is 2. The number of hydrogen-bond donors (Lipinski definition) is 2. The molecule has 1 aliphatic carbocycles. The van der Waals surface area contributed by atoms with Gasteiger partial charge in [-0.1, -0.05) is 23.7 Å². The molecule has 1 heterocycles. The van der Waals surface area contributed by atoms with E-state index in [4.69, 9.17) is 11.6 Å². The molecule has 1 aromatic carbocycles. The number of carbonyl (C=O) groups excluding carboxylic acids is 1. The Hall–Kier alpha value is -1.55. The zero-order valence-corrected chi connectivity index (χ0v) is 19.4. The van der Waals surface area contributed by atoms with E-state index < -0.39 is 10.0 Å². The quantitative estimate of drug-likeness (QED) is 0.557. The monoisotopic (exact) mass is 517 g/mol. The van der Waals surface area contributed by atoms with E-state index in [0.717, 1.165) is 5.56 Å². The number of hydrogen-bond acceptors (Lipinski definition) is 4. The summed E-state index contributed by atoms with van der Waals surface area (Å²) in [5, 5.41) is 3.15. The van der Waals surface area contributed by atoms with Gasteiger partial charge in [-0.05, 0) is 72.3 Å². The summed E-state index contributed by atoms with van der Waals surface area (Å²) in [6, 6.07) is 6.96. The predicted octanol–water partition coefficient (Wildman–Crippen LogP) is 4.35. The molecular weight excluding hydrogens is 497 g/mol. The molecule has 2 aromatic rings. The summed E-state index contributed by atoms with van der Waals surface area (Å²) in [4.78, 5) is 16.5. The highest BCUT2D eigenvalue weighted by molar-refractivity contribution is 9.10. The smallest absolute Gasteiger partial charge is 0.242 e. The number of sulfonamides is 1. The van der Waals surface area contributed by atoms with E-state index in [1.165, 1.54) is 24.4 Å². The average Bonchev–Trinajstić information content (AvgIpc) is 2.70. The topological polar surface area (TPSA) is 88.2 Å². The van der Waals surface area contributed by atoms with Crippen LogP contribution in [0.5, 0.6) is 0 Å². The van der Waals surface area contributed by atoms with E-state index >= 15 is 0 Å². The van der Waals surface area contributed by atoms with Crippen molar-refractivity contribution in [2.75, 3.05) is 0 Å². The Morgan fingerprint density at radius 1 is 1.23 bits per heavy atom. The largest absolute Gasteiger partial charge is 0.349 e. The van der Waals surface area contributed by atoms with Gasteiger partial charge in [0.15, 0.2) is 0 Å². The minimum Gasteiger partial charge on any atom is -0.349 e. The number of rotatable bonds is 6. The molecule has 2 N–H and O–H groups in total. The third kappa shape index (κ3) is 5.78. The van der Waals surface area contributed by atoms with Crippen LogP contribution < -0.4 is 10.0 Å². The molecule has 0 spiro atoms. The Labute approximate surface area is 188 Å². The number of pyridine rings is 1. The second-order valence-corrected chi connectivity index (χ2v) is 10.3. The lowest BCUT2D eigenvalue weighted by Crippen LogP contribution is -2.41. The number of amides is 1. The van der Waals surface area contributed by atoms with Gasteiger partial charge in [-0.3, -0.25) is 4.79 Å². The first-order valence-electron chi connectivity index (χ1n) is 9.55. The van der Waals surface area contributed by atoms with Crippen LogP contribution in [0.15, 0.2) is 45.9 Å². The van der Waals surface area contributed by atoms with Crippen molar-refractivity contribution >= 4 is 43.5 Å². The molecule has 10 heteroatoms. The van der Waals surface area contributed by atoms with E-state index in [2.05, 4.69) is 31.0 Å². The number of carbonyl (C=O) groups is 1. The zero-order chi connectivity index (χ0) is 21.9. The maximum atomic E-state index is 13.1. The molecule has 3 rings (SSSR count). The van der Waals surface area contributed by atoms with Crippen LogP contribution in [0.3, 0.4) is 0 Å². The summed E-state index contributed by atoms with van der Waals surface area (Å²) < 4.78 is 41.3. The molecule has 1 aliphatic rings. The third-order valence-electron chi connectivity index (χ3n) is 5.23. The molecule has 0 saturated heterocycles. The maximum Gasteiger partial charge on any atom is 0.242 e. The Bertz CT molecular complexity index is 1010. The first-order valence-corrected chi connectivity index (χ1v) is 12.2. The molecule has 1 saturated carbocycles. The second kappa shape index (κ2) is 9.72. The molecule has 1 aromatic heterocycles. The van der Waals surface area contributed by atoms with Crippen molar-refractivity contribution in [1.82, 2.24) is 15.0 Å². The average molecular weight is 519 g/mol. The van der Waals surface area contributed by atoms with Gasteiger partial charge < -0.3 is 5.32 Å². The minimum atomic E-state index is -3.73. The van der Waals surface area contributed by atoms with Crippen LogP contribution in [-0.2, 0) is 14.8 Å². The van der Waals surface area contributed by atoms with E-state index in [9.17, 15) is 17.6 Å². The van der Waals surface area contributed by atoms with Gasteiger partial charge in [0.2, 0.25) is 15.9 Å². The number of aromatic nitrogens is 1. The molecule has 0 aliphatic heterocycles. The van der Waals surface area contributed by atoms with Crippen molar-refractivity contribution in [1.29, 1.82) is 0 Å².